The standard InChI is InChI=1S/C23H29N3O2.HI/c1-23(2)15-19(18-6-4-5-7-21(18)28-23)26-22(24-3)25-12-10-16-8-9-20-17(14-16)11-13-27-20;/h4-9,14,19H,10-13,15H2,1-3H3,(H2,24,25,26);1H. The van der Waals surface area contributed by atoms with E-state index in [0.29, 0.717) is 0 Å². The zero-order chi connectivity index (χ0) is 19.6. The summed E-state index contributed by atoms with van der Waals surface area (Å²) in [7, 11) is 1.82. The monoisotopic (exact) mass is 507 g/mol. The van der Waals surface area contributed by atoms with Gasteiger partial charge in [0.15, 0.2) is 5.96 Å². The Labute approximate surface area is 190 Å². The lowest BCUT2D eigenvalue weighted by atomic mass is 9.90. The normalized spacial score (nSPS) is 19.1. The van der Waals surface area contributed by atoms with E-state index in [1.807, 2.05) is 19.2 Å². The van der Waals surface area contributed by atoms with Crippen molar-refractivity contribution in [3.8, 4) is 11.5 Å². The van der Waals surface area contributed by atoms with Crippen molar-refractivity contribution in [2.45, 2.75) is 44.8 Å². The predicted molar refractivity (Wildman–Crippen MR) is 128 cm³/mol. The minimum absolute atomic E-state index is 0. The number of rotatable bonds is 4. The van der Waals surface area contributed by atoms with Gasteiger partial charge in [-0.2, -0.15) is 0 Å². The van der Waals surface area contributed by atoms with Crippen LogP contribution in [-0.2, 0) is 12.8 Å². The summed E-state index contributed by atoms with van der Waals surface area (Å²) in [6.45, 7) is 5.89. The number of ether oxygens (including phenoxy) is 2. The lowest BCUT2D eigenvalue weighted by Crippen LogP contribution is -2.45. The summed E-state index contributed by atoms with van der Waals surface area (Å²) in [4.78, 5) is 4.43. The number of halogens is 1. The molecule has 0 bridgehead atoms. The number of para-hydroxylation sites is 1. The molecule has 0 radical (unpaired) electrons. The summed E-state index contributed by atoms with van der Waals surface area (Å²) >= 11 is 0. The summed E-state index contributed by atoms with van der Waals surface area (Å²) in [6.07, 6.45) is 2.85. The third-order valence-corrected chi connectivity index (χ3v) is 5.37. The van der Waals surface area contributed by atoms with E-state index >= 15 is 0 Å². The van der Waals surface area contributed by atoms with Crippen molar-refractivity contribution in [3.05, 3.63) is 59.2 Å². The molecule has 2 aliphatic heterocycles. The maximum atomic E-state index is 6.13. The van der Waals surface area contributed by atoms with E-state index in [9.17, 15) is 0 Å². The van der Waals surface area contributed by atoms with Crippen molar-refractivity contribution < 1.29 is 9.47 Å². The van der Waals surface area contributed by atoms with Gasteiger partial charge in [-0.1, -0.05) is 30.3 Å². The Balaban J connectivity index is 0.00000240. The fourth-order valence-electron chi connectivity index (χ4n) is 4.01. The summed E-state index contributed by atoms with van der Waals surface area (Å²) < 4.78 is 11.7. The molecule has 2 N–H and O–H groups in total. The van der Waals surface area contributed by atoms with Crippen LogP contribution in [0.25, 0.3) is 0 Å². The van der Waals surface area contributed by atoms with E-state index in [1.165, 1.54) is 16.7 Å². The zero-order valence-corrected chi connectivity index (χ0v) is 19.7. The number of nitrogens with one attached hydrogen (secondary N) is 2. The van der Waals surface area contributed by atoms with Crippen molar-refractivity contribution in [2.24, 2.45) is 4.99 Å². The van der Waals surface area contributed by atoms with E-state index in [0.717, 1.165) is 49.9 Å². The van der Waals surface area contributed by atoms with E-state index in [1.54, 1.807) is 0 Å². The van der Waals surface area contributed by atoms with Crippen LogP contribution in [-0.4, -0.2) is 31.8 Å². The molecule has 156 valence electrons. The Morgan fingerprint density at radius 2 is 2.00 bits per heavy atom. The highest BCUT2D eigenvalue weighted by Gasteiger charge is 2.33. The van der Waals surface area contributed by atoms with E-state index in [2.05, 4.69) is 59.8 Å². The minimum atomic E-state index is -0.211. The second-order valence-corrected chi connectivity index (χ2v) is 8.09. The molecular weight excluding hydrogens is 477 g/mol. The van der Waals surface area contributed by atoms with Crippen molar-refractivity contribution >= 4 is 29.9 Å². The van der Waals surface area contributed by atoms with Crippen molar-refractivity contribution in [1.82, 2.24) is 10.6 Å². The molecule has 1 unspecified atom stereocenters. The van der Waals surface area contributed by atoms with Crippen molar-refractivity contribution in [3.63, 3.8) is 0 Å². The highest BCUT2D eigenvalue weighted by atomic mass is 127. The Kier molecular flexibility index (Phi) is 6.93. The fraction of sp³-hybridized carbons (Fsp3) is 0.435. The maximum absolute atomic E-state index is 6.13. The molecule has 2 aromatic rings. The quantitative estimate of drug-likeness (QED) is 0.369. The third kappa shape index (κ3) is 5.15. The lowest BCUT2D eigenvalue weighted by Gasteiger charge is -2.38. The van der Waals surface area contributed by atoms with Crippen LogP contribution in [0.5, 0.6) is 11.5 Å². The highest BCUT2D eigenvalue weighted by Crippen LogP contribution is 2.39. The van der Waals surface area contributed by atoms with Crippen LogP contribution in [0.15, 0.2) is 47.5 Å². The van der Waals surface area contributed by atoms with Crippen molar-refractivity contribution in [1.29, 1.82) is 0 Å². The van der Waals surface area contributed by atoms with Gasteiger partial charge >= 0.3 is 0 Å². The Morgan fingerprint density at radius 1 is 1.17 bits per heavy atom. The molecule has 0 saturated carbocycles. The topological polar surface area (TPSA) is 54.9 Å². The van der Waals surface area contributed by atoms with Crippen molar-refractivity contribution in [2.75, 3.05) is 20.2 Å². The molecule has 0 aromatic heterocycles. The zero-order valence-electron chi connectivity index (χ0n) is 17.3. The largest absolute Gasteiger partial charge is 0.493 e. The molecule has 1 atom stereocenters. The first-order valence-electron chi connectivity index (χ1n) is 10.0. The average Bonchev–Trinajstić information content (AvgIpc) is 3.14. The molecular formula is C23H30IN3O2. The maximum Gasteiger partial charge on any atom is 0.191 e. The van der Waals surface area contributed by atoms with Gasteiger partial charge in [0.25, 0.3) is 0 Å². The Bertz CT molecular complexity index is 882. The number of benzene rings is 2. The highest BCUT2D eigenvalue weighted by molar-refractivity contribution is 14.0. The van der Waals surface area contributed by atoms with E-state index < -0.39 is 0 Å². The predicted octanol–water partition coefficient (Wildman–Crippen LogP) is 4.25. The molecule has 0 fully saturated rings. The number of hydrogen-bond acceptors (Lipinski definition) is 3. The van der Waals surface area contributed by atoms with Gasteiger partial charge < -0.3 is 20.1 Å². The van der Waals surface area contributed by atoms with Gasteiger partial charge in [-0.05, 0) is 43.5 Å². The number of hydrogen-bond donors (Lipinski definition) is 2. The molecule has 4 rings (SSSR count). The first-order valence-corrected chi connectivity index (χ1v) is 10.0. The van der Waals surface area contributed by atoms with Crippen LogP contribution < -0.4 is 20.1 Å². The van der Waals surface area contributed by atoms with Crippen LogP contribution in [0.3, 0.4) is 0 Å². The van der Waals surface area contributed by atoms with Gasteiger partial charge in [0, 0.05) is 32.0 Å². The number of aliphatic imine (C=N–C) groups is 1. The first kappa shape index (κ1) is 21.7. The van der Waals surface area contributed by atoms with Crippen LogP contribution >= 0.6 is 24.0 Å². The van der Waals surface area contributed by atoms with Crippen LogP contribution in [0, 0.1) is 0 Å². The first-order chi connectivity index (χ1) is 13.5. The molecule has 2 aromatic carbocycles. The smallest absolute Gasteiger partial charge is 0.191 e. The second kappa shape index (κ2) is 9.24. The molecule has 5 nitrogen and oxygen atoms in total. The molecule has 0 aliphatic carbocycles. The minimum Gasteiger partial charge on any atom is -0.493 e. The summed E-state index contributed by atoms with van der Waals surface area (Å²) in [5, 5.41) is 7.04. The Hall–Kier alpha value is -1.96. The fourth-order valence-corrected chi connectivity index (χ4v) is 4.01. The second-order valence-electron chi connectivity index (χ2n) is 8.09. The molecule has 0 spiro atoms. The Morgan fingerprint density at radius 3 is 2.83 bits per heavy atom. The van der Waals surface area contributed by atoms with Crippen LogP contribution in [0.1, 0.15) is 43.0 Å². The van der Waals surface area contributed by atoms with E-state index in [4.69, 9.17) is 9.47 Å². The third-order valence-electron chi connectivity index (χ3n) is 5.37. The van der Waals surface area contributed by atoms with Gasteiger partial charge in [-0.25, -0.2) is 0 Å². The van der Waals surface area contributed by atoms with Gasteiger partial charge in [-0.3, -0.25) is 4.99 Å². The number of guanidine groups is 1. The molecule has 0 amide bonds. The number of nitrogens with zero attached hydrogens (tertiary/aromatic N) is 1. The van der Waals surface area contributed by atoms with Crippen LogP contribution in [0.2, 0.25) is 0 Å². The van der Waals surface area contributed by atoms with Gasteiger partial charge in [0.2, 0.25) is 0 Å². The lowest BCUT2D eigenvalue weighted by molar-refractivity contribution is 0.0694. The average molecular weight is 507 g/mol. The summed E-state index contributed by atoms with van der Waals surface area (Å²) in [5.74, 6) is 2.81. The van der Waals surface area contributed by atoms with Crippen LogP contribution in [0.4, 0.5) is 0 Å². The molecule has 29 heavy (non-hydrogen) atoms. The van der Waals surface area contributed by atoms with Gasteiger partial charge in [0.1, 0.15) is 17.1 Å². The molecule has 2 heterocycles. The molecule has 6 heteroatoms. The summed E-state index contributed by atoms with van der Waals surface area (Å²) in [6, 6.07) is 14.9. The van der Waals surface area contributed by atoms with E-state index in [-0.39, 0.29) is 35.6 Å². The number of fused-ring (bicyclic) bond motifs is 2. The van der Waals surface area contributed by atoms with Gasteiger partial charge in [0.05, 0.1) is 12.6 Å². The summed E-state index contributed by atoms with van der Waals surface area (Å²) in [5.41, 5.74) is 3.62. The molecule has 0 saturated heterocycles. The van der Waals surface area contributed by atoms with Gasteiger partial charge in [-0.15, -0.1) is 24.0 Å². The molecule has 2 aliphatic rings. The SMILES string of the molecule is CN=C(NCCc1ccc2c(c1)CCO2)NC1CC(C)(C)Oc2ccccc21.I.